The van der Waals surface area contributed by atoms with Crippen LogP contribution in [0.3, 0.4) is 0 Å². The van der Waals surface area contributed by atoms with Crippen LogP contribution in [0.5, 0.6) is 0 Å². The second kappa shape index (κ2) is 5.99. The van der Waals surface area contributed by atoms with Crippen molar-refractivity contribution in [3.63, 3.8) is 0 Å². The Hall–Kier alpha value is -2.25. The van der Waals surface area contributed by atoms with E-state index in [2.05, 4.69) is 32.8 Å². The predicted octanol–water partition coefficient (Wildman–Crippen LogP) is 1.90. The fourth-order valence-corrected chi connectivity index (χ4v) is 3.49. The van der Waals surface area contributed by atoms with Crippen molar-refractivity contribution in [2.24, 2.45) is 0 Å². The summed E-state index contributed by atoms with van der Waals surface area (Å²) in [6.45, 7) is 5.94. The van der Waals surface area contributed by atoms with Crippen molar-refractivity contribution < 1.29 is 9.50 Å². The molecule has 1 aromatic carbocycles. The lowest BCUT2D eigenvalue weighted by molar-refractivity contribution is 0.200. The molecule has 0 amide bonds. The fourth-order valence-electron chi connectivity index (χ4n) is 3.49. The van der Waals surface area contributed by atoms with Gasteiger partial charge in [-0.2, -0.15) is 0 Å². The van der Waals surface area contributed by atoms with Crippen LogP contribution < -0.4 is 0 Å². The van der Waals surface area contributed by atoms with E-state index in [1.54, 1.807) is 6.07 Å². The summed E-state index contributed by atoms with van der Waals surface area (Å²) < 4.78 is 17.6. The summed E-state index contributed by atoms with van der Waals surface area (Å²) >= 11 is 0. The molecule has 0 bridgehead atoms. The number of aliphatic hydroxyl groups excluding tert-OH is 1. The van der Waals surface area contributed by atoms with Gasteiger partial charge in [-0.25, -0.2) is 4.39 Å². The van der Waals surface area contributed by atoms with Gasteiger partial charge in [-0.1, -0.05) is 0 Å². The Labute approximate surface area is 139 Å². The highest BCUT2D eigenvalue weighted by Gasteiger charge is 2.22. The number of halogens is 1. The van der Waals surface area contributed by atoms with Crippen molar-refractivity contribution in [1.82, 2.24) is 24.2 Å². The minimum Gasteiger partial charge on any atom is -0.388 e. The molecule has 7 heteroatoms. The molecule has 3 aromatic rings. The Kier molecular flexibility index (Phi) is 3.82. The number of nitrogens with zero attached hydrogens (tertiary/aromatic N) is 5. The van der Waals surface area contributed by atoms with Crippen molar-refractivity contribution in [3.05, 3.63) is 47.4 Å². The lowest BCUT2D eigenvalue weighted by atomic mass is 10.1. The highest BCUT2D eigenvalue weighted by Crippen LogP contribution is 2.25. The largest absolute Gasteiger partial charge is 0.388 e. The van der Waals surface area contributed by atoms with E-state index in [4.69, 9.17) is 0 Å². The summed E-state index contributed by atoms with van der Waals surface area (Å²) in [7, 11) is 0. The molecule has 0 radical (unpaired) electrons. The number of hydrogen-bond acceptors (Lipinski definition) is 4. The van der Waals surface area contributed by atoms with Crippen LogP contribution in [0, 0.1) is 5.82 Å². The van der Waals surface area contributed by atoms with Gasteiger partial charge in [0.15, 0.2) is 5.82 Å². The third-order valence-electron chi connectivity index (χ3n) is 4.71. The number of benzene rings is 1. The van der Waals surface area contributed by atoms with Crippen molar-refractivity contribution in [2.75, 3.05) is 6.54 Å². The highest BCUT2D eigenvalue weighted by molar-refractivity contribution is 5.84. The molecule has 6 nitrogen and oxygen atoms in total. The first-order valence-corrected chi connectivity index (χ1v) is 8.21. The van der Waals surface area contributed by atoms with E-state index in [9.17, 15) is 9.50 Å². The lowest BCUT2D eigenvalue weighted by Crippen LogP contribution is -2.34. The molecule has 1 aliphatic rings. The Bertz CT molecular complexity index is 885. The molecule has 0 aliphatic carbocycles. The molecule has 2 aromatic heterocycles. The predicted molar refractivity (Wildman–Crippen MR) is 87.6 cm³/mol. The molecule has 0 fully saturated rings. The van der Waals surface area contributed by atoms with Gasteiger partial charge in [0.25, 0.3) is 0 Å². The van der Waals surface area contributed by atoms with E-state index < -0.39 is 0 Å². The van der Waals surface area contributed by atoms with Crippen molar-refractivity contribution >= 4 is 10.9 Å². The lowest BCUT2D eigenvalue weighted by Gasteiger charge is -2.27. The summed E-state index contributed by atoms with van der Waals surface area (Å²) in [5, 5.41) is 18.6. The summed E-state index contributed by atoms with van der Waals surface area (Å²) in [4.78, 5) is 2.31. The monoisotopic (exact) mass is 329 g/mol. The van der Waals surface area contributed by atoms with Gasteiger partial charge in [0, 0.05) is 37.8 Å². The standard InChI is InChI=1S/C17H20FN5O/c1-2-22-9-12(14-4-3-13(18)7-15(14)22)8-21-5-6-23-16(10-21)19-20-17(23)11-24/h3-4,7,9,24H,2,5-6,8,10-11H2,1H3. The van der Waals surface area contributed by atoms with Crippen LogP contribution in [-0.2, 0) is 32.8 Å². The smallest absolute Gasteiger partial charge is 0.158 e. The van der Waals surface area contributed by atoms with Crippen LogP contribution in [0.25, 0.3) is 10.9 Å². The van der Waals surface area contributed by atoms with Gasteiger partial charge in [-0.15, -0.1) is 10.2 Å². The van der Waals surface area contributed by atoms with E-state index in [0.29, 0.717) is 12.4 Å². The fraction of sp³-hybridized carbons (Fsp3) is 0.412. The zero-order chi connectivity index (χ0) is 16.7. The number of aliphatic hydroxyl groups is 1. The molecule has 0 atom stereocenters. The Balaban J connectivity index is 1.61. The maximum atomic E-state index is 13.6. The van der Waals surface area contributed by atoms with E-state index >= 15 is 0 Å². The first-order chi connectivity index (χ1) is 11.7. The van der Waals surface area contributed by atoms with Gasteiger partial charge in [-0.05, 0) is 30.7 Å². The molecule has 0 spiro atoms. The zero-order valence-electron chi connectivity index (χ0n) is 13.6. The zero-order valence-corrected chi connectivity index (χ0v) is 13.6. The van der Waals surface area contributed by atoms with Crippen LogP contribution in [0.1, 0.15) is 24.1 Å². The van der Waals surface area contributed by atoms with E-state index in [1.165, 1.54) is 11.6 Å². The maximum absolute atomic E-state index is 13.6. The van der Waals surface area contributed by atoms with Crippen LogP contribution >= 0.6 is 0 Å². The molecule has 3 heterocycles. The van der Waals surface area contributed by atoms with Gasteiger partial charge in [0.05, 0.1) is 12.1 Å². The normalized spacial score (nSPS) is 15.1. The third-order valence-corrected chi connectivity index (χ3v) is 4.71. The van der Waals surface area contributed by atoms with Gasteiger partial charge in [0.2, 0.25) is 0 Å². The minimum atomic E-state index is -0.204. The summed E-state index contributed by atoms with van der Waals surface area (Å²) in [6, 6.07) is 4.98. The minimum absolute atomic E-state index is 0.0808. The van der Waals surface area contributed by atoms with Gasteiger partial charge in [-0.3, -0.25) is 4.90 Å². The second-order valence-corrected chi connectivity index (χ2v) is 6.15. The van der Waals surface area contributed by atoms with Gasteiger partial charge in [0.1, 0.15) is 18.2 Å². The van der Waals surface area contributed by atoms with Crippen LogP contribution in [0.15, 0.2) is 24.4 Å². The molecule has 0 saturated heterocycles. The molecule has 1 aliphatic heterocycles. The number of hydrogen-bond donors (Lipinski definition) is 1. The Morgan fingerprint density at radius 2 is 2.12 bits per heavy atom. The number of fused-ring (bicyclic) bond motifs is 2. The Morgan fingerprint density at radius 1 is 1.25 bits per heavy atom. The van der Waals surface area contributed by atoms with E-state index in [-0.39, 0.29) is 12.4 Å². The molecule has 0 saturated carbocycles. The third kappa shape index (κ3) is 2.50. The summed E-state index contributed by atoms with van der Waals surface area (Å²) in [5.41, 5.74) is 2.14. The van der Waals surface area contributed by atoms with Crippen LogP contribution in [0.4, 0.5) is 4.39 Å². The molecule has 1 N–H and O–H groups in total. The van der Waals surface area contributed by atoms with Crippen LogP contribution in [0.2, 0.25) is 0 Å². The number of aryl methyl sites for hydroxylation is 1. The topological polar surface area (TPSA) is 59.1 Å². The SMILES string of the molecule is CCn1cc(CN2CCn3c(CO)nnc3C2)c2ccc(F)cc21. The quantitative estimate of drug-likeness (QED) is 0.794. The first-order valence-electron chi connectivity index (χ1n) is 8.21. The first kappa shape index (κ1) is 15.3. The number of rotatable bonds is 4. The van der Waals surface area contributed by atoms with Gasteiger partial charge >= 0.3 is 0 Å². The van der Waals surface area contributed by atoms with Gasteiger partial charge < -0.3 is 14.2 Å². The van der Waals surface area contributed by atoms with E-state index in [0.717, 1.165) is 42.9 Å². The molecule has 4 rings (SSSR count). The average Bonchev–Trinajstić information content (AvgIpc) is 3.15. The second-order valence-electron chi connectivity index (χ2n) is 6.15. The number of aromatic nitrogens is 4. The maximum Gasteiger partial charge on any atom is 0.158 e. The van der Waals surface area contributed by atoms with Crippen molar-refractivity contribution in [2.45, 2.75) is 39.7 Å². The molecular weight excluding hydrogens is 309 g/mol. The molecule has 126 valence electrons. The molecular formula is C17H20FN5O. The van der Waals surface area contributed by atoms with Crippen molar-refractivity contribution in [3.8, 4) is 0 Å². The average molecular weight is 329 g/mol. The summed E-state index contributed by atoms with van der Waals surface area (Å²) in [5.74, 6) is 1.31. The Morgan fingerprint density at radius 3 is 2.92 bits per heavy atom. The summed E-state index contributed by atoms with van der Waals surface area (Å²) in [6.07, 6.45) is 2.11. The molecule has 0 unspecified atom stereocenters. The van der Waals surface area contributed by atoms with Crippen LogP contribution in [-0.4, -0.2) is 35.9 Å². The highest BCUT2D eigenvalue weighted by atomic mass is 19.1. The van der Waals surface area contributed by atoms with E-state index in [1.807, 2.05) is 10.6 Å². The van der Waals surface area contributed by atoms with Crippen molar-refractivity contribution in [1.29, 1.82) is 0 Å². The molecule has 24 heavy (non-hydrogen) atoms.